The summed E-state index contributed by atoms with van der Waals surface area (Å²) in [6.07, 6.45) is 1.29. The number of ether oxygens (including phenoxy) is 3. The van der Waals surface area contributed by atoms with Crippen LogP contribution in [-0.4, -0.2) is 31.0 Å². The molecule has 0 saturated carbocycles. The van der Waals surface area contributed by atoms with E-state index in [1.807, 2.05) is 5.38 Å². The Labute approximate surface area is 146 Å². The minimum atomic E-state index is -0.674. The zero-order chi connectivity index (χ0) is 18.0. The van der Waals surface area contributed by atoms with Crippen molar-refractivity contribution in [2.45, 2.75) is 0 Å². The van der Waals surface area contributed by atoms with Crippen LogP contribution in [0.2, 0.25) is 0 Å². The molecule has 1 aliphatic heterocycles. The number of esters is 1. The molecule has 25 heavy (non-hydrogen) atoms. The predicted molar refractivity (Wildman–Crippen MR) is 91.1 cm³/mol. The van der Waals surface area contributed by atoms with Gasteiger partial charge in [0.25, 0.3) is 5.69 Å². The molecule has 0 N–H and O–H groups in total. The number of rotatable bonds is 5. The van der Waals surface area contributed by atoms with Crippen LogP contribution in [0.3, 0.4) is 0 Å². The zero-order valence-corrected chi connectivity index (χ0v) is 14.0. The first-order valence-electron chi connectivity index (χ1n) is 7.00. The van der Waals surface area contributed by atoms with Crippen molar-refractivity contribution in [3.05, 3.63) is 55.9 Å². The Kier molecular flexibility index (Phi) is 4.48. The van der Waals surface area contributed by atoms with Gasteiger partial charge in [-0.05, 0) is 23.6 Å². The Morgan fingerprint density at radius 1 is 1.28 bits per heavy atom. The van der Waals surface area contributed by atoms with Crippen LogP contribution in [0, 0.1) is 10.1 Å². The van der Waals surface area contributed by atoms with Gasteiger partial charge in [0.15, 0.2) is 17.2 Å². The highest BCUT2D eigenvalue weighted by Gasteiger charge is 2.27. The van der Waals surface area contributed by atoms with E-state index in [0.717, 1.165) is 0 Å². The highest BCUT2D eigenvalue weighted by Crippen LogP contribution is 2.36. The van der Waals surface area contributed by atoms with Crippen LogP contribution in [0.15, 0.2) is 40.3 Å². The number of cyclic esters (lactones) is 1. The molecule has 0 amide bonds. The molecule has 9 heteroatoms. The van der Waals surface area contributed by atoms with Gasteiger partial charge in [0.2, 0.25) is 5.90 Å². The standard InChI is InChI=1S/C16H12N2O6S/c1-22-12-7-9(11(18(20)21)8-13(12)23-2)6-10-16(19)24-15(17-10)14-4-3-5-25-14/h3-8H,1-2H3/b10-6-. The number of hydrogen-bond donors (Lipinski definition) is 0. The average molecular weight is 360 g/mol. The number of methoxy groups -OCH3 is 2. The van der Waals surface area contributed by atoms with Gasteiger partial charge in [-0.2, -0.15) is 0 Å². The normalized spacial score (nSPS) is 15.0. The van der Waals surface area contributed by atoms with Crippen LogP contribution < -0.4 is 9.47 Å². The molecule has 1 aromatic heterocycles. The molecule has 0 bridgehead atoms. The first-order valence-corrected chi connectivity index (χ1v) is 7.88. The molecule has 0 saturated heterocycles. The van der Waals surface area contributed by atoms with Crippen molar-refractivity contribution in [3.8, 4) is 11.5 Å². The quantitative estimate of drug-likeness (QED) is 0.352. The summed E-state index contributed by atoms with van der Waals surface area (Å²) in [5.41, 5.74) is -0.109. The van der Waals surface area contributed by atoms with Crippen LogP contribution in [0.4, 0.5) is 5.69 Å². The van der Waals surface area contributed by atoms with E-state index in [2.05, 4.69) is 4.99 Å². The maximum absolute atomic E-state index is 12.0. The summed E-state index contributed by atoms with van der Waals surface area (Å²) >= 11 is 1.37. The molecule has 3 rings (SSSR count). The smallest absolute Gasteiger partial charge is 0.363 e. The third-order valence-corrected chi connectivity index (χ3v) is 4.23. The Bertz CT molecular complexity index is 902. The highest BCUT2D eigenvalue weighted by atomic mass is 32.1. The van der Waals surface area contributed by atoms with Crippen molar-refractivity contribution in [2.75, 3.05) is 14.2 Å². The lowest BCUT2D eigenvalue weighted by Gasteiger charge is -2.08. The molecule has 0 radical (unpaired) electrons. The molecule has 128 valence electrons. The van der Waals surface area contributed by atoms with Crippen molar-refractivity contribution in [1.29, 1.82) is 0 Å². The highest BCUT2D eigenvalue weighted by molar-refractivity contribution is 7.12. The van der Waals surface area contributed by atoms with Gasteiger partial charge in [-0.15, -0.1) is 11.3 Å². The van der Waals surface area contributed by atoms with E-state index in [9.17, 15) is 14.9 Å². The summed E-state index contributed by atoms with van der Waals surface area (Å²) in [6, 6.07) is 6.21. The average Bonchev–Trinajstić information content (AvgIpc) is 3.24. The maximum atomic E-state index is 12.0. The van der Waals surface area contributed by atoms with E-state index < -0.39 is 10.9 Å². The van der Waals surface area contributed by atoms with E-state index in [1.165, 1.54) is 43.8 Å². The van der Waals surface area contributed by atoms with Crippen LogP contribution in [0.5, 0.6) is 11.5 Å². The molecule has 1 aliphatic rings. The fourth-order valence-electron chi connectivity index (χ4n) is 2.22. The summed E-state index contributed by atoms with van der Waals surface area (Å²) in [5, 5.41) is 13.2. The number of benzene rings is 1. The van der Waals surface area contributed by atoms with Gasteiger partial charge >= 0.3 is 5.97 Å². The number of thiophene rings is 1. The fraction of sp³-hybridized carbons (Fsp3) is 0.125. The molecule has 2 heterocycles. The predicted octanol–water partition coefficient (Wildman–Crippen LogP) is 3.02. The molecule has 2 aromatic rings. The first-order chi connectivity index (χ1) is 12.0. The minimum Gasteiger partial charge on any atom is -0.493 e. The maximum Gasteiger partial charge on any atom is 0.363 e. The number of nitro benzene ring substituents is 1. The van der Waals surface area contributed by atoms with E-state index in [0.29, 0.717) is 10.6 Å². The molecule has 8 nitrogen and oxygen atoms in total. The summed E-state index contributed by atoms with van der Waals surface area (Å²) < 4.78 is 15.3. The zero-order valence-electron chi connectivity index (χ0n) is 13.2. The number of aliphatic imine (C=N–C) groups is 1. The summed E-state index contributed by atoms with van der Waals surface area (Å²) in [7, 11) is 2.79. The Balaban J connectivity index is 2.08. The van der Waals surface area contributed by atoms with E-state index in [4.69, 9.17) is 14.2 Å². The van der Waals surface area contributed by atoms with Crippen molar-refractivity contribution in [3.63, 3.8) is 0 Å². The van der Waals surface area contributed by atoms with Crippen LogP contribution in [-0.2, 0) is 9.53 Å². The summed E-state index contributed by atoms with van der Waals surface area (Å²) in [4.78, 5) is 27.6. The molecule has 1 aromatic carbocycles. The summed E-state index contributed by atoms with van der Waals surface area (Å²) in [5.74, 6) is 0.0174. The topological polar surface area (TPSA) is 100 Å². The monoisotopic (exact) mass is 360 g/mol. The first kappa shape index (κ1) is 16.7. The Morgan fingerprint density at radius 2 is 2.00 bits per heavy atom. The number of carbonyl (C=O) groups is 1. The SMILES string of the molecule is COc1cc(/C=C2\N=C(c3cccs3)OC2=O)c([N+](=O)[O-])cc1OC. The second kappa shape index (κ2) is 6.73. The van der Waals surface area contributed by atoms with Crippen LogP contribution in [0.25, 0.3) is 6.08 Å². The van der Waals surface area contributed by atoms with E-state index in [1.54, 1.807) is 12.1 Å². The number of nitrogens with zero attached hydrogens (tertiary/aromatic N) is 2. The fourth-order valence-corrected chi connectivity index (χ4v) is 2.87. The van der Waals surface area contributed by atoms with Gasteiger partial charge in [-0.3, -0.25) is 10.1 Å². The number of hydrogen-bond acceptors (Lipinski definition) is 8. The lowest BCUT2D eigenvalue weighted by atomic mass is 10.1. The van der Waals surface area contributed by atoms with Gasteiger partial charge in [-0.25, -0.2) is 9.79 Å². The van der Waals surface area contributed by atoms with Gasteiger partial charge < -0.3 is 14.2 Å². The number of nitro groups is 1. The molecule has 0 unspecified atom stereocenters. The molecule has 0 spiro atoms. The number of carbonyl (C=O) groups excluding carboxylic acids is 1. The van der Waals surface area contributed by atoms with Crippen molar-refractivity contribution < 1.29 is 23.9 Å². The van der Waals surface area contributed by atoms with E-state index in [-0.39, 0.29) is 28.6 Å². The Hall–Kier alpha value is -3.20. The second-order valence-corrected chi connectivity index (χ2v) is 5.78. The van der Waals surface area contributed by atoms with Crippen molar-refractivity contribution >= 4 is 35.0 Å². The third-order valence-electron chi connectivity index (χ3n) is 3.37. The van der Waals surface area contributed by atoms with Gasteiger partial charge in [0.05, 0.1) is 35.6 Å². The third kappa shape index (κ3) is 3.22. The molecule has 0 fully saturated rings. The second-order valence-electron chi connectivity index (χ2n) is 4.84. The largest absolute Gasteiger partial charge is 0.493 e. The molecule has 0 atom stereocenters. The van der Waals surface area contributed by atoms with Crippen LogP contribution >= 0.6 is 11.3 Å². The minimum absolute atomic E-state index is 0.0290. The lowest BCUT2D eigenvalue weighted by Crippen LogP contribution is -2.03. The molecular weight excluding hydrogens is 348 g/mol. The Morgan fingerprint density at radius 3 is 2.60 bits per heavy atom. The van der Waals surface area contributed by atoms with Crippen molar-refractivity contribution in [1.82, 2.24) is 0 Å². The molecule has 0 aliphatic carbocycles. The van der Waals surface area contributed by atoms with Gasteiger partial charge in [0, 0.05) is 0 Å². The van der Waals surface area contributed by atoms with Crippen molar-refractivity contribution in [2.24, 2.45) is 4.99 Å². The lowest BCUT2D eigenvalue weighted by molar-refractivity contribution is -0.385. The van der Waals surface area contributed by atoms with E-state index >= 15 is 0 Å². The van der Waals surface area contributed by atoms with Crippen LogP contribution in [0.1, 0.15) is 10.4 Å². The van der Waals surface area contributed by atoms with Gasteiger partial charge in [0.1, 0.15) is 0 Å². The summed E-state index contributed by atoms with van der Waals surface area (Å²) in [6.45, 7) is 0. The molecular formula is C16H12N2O6S. The van der Waals surface area contributed by atoms with Gasteiger partial charge in [-0.1, -0.05) is 6.07 Å².